The van der Waals surface area contributed by atoms with Crippen LogP contribution in [0.2, 0.25) is 0 Å². The van der Waals surface area contributed by atoms with Gasteiger partial charge in [0.2, 0.25) is 11.8 Å². The number of rotatable bonds is 9. The van der Waals surface area contributed by atoms with Gasteiger partial charge >= 0.3 is 6.09 Å². The van der Waals surface area contributed by atoms with Gasteiger partial charge in [0, 0.05) is 19.0 Å². The zero-order valence-electron chi connectivity index (χ0n) is 35.7. The summed E-state index contributed by atoms with van der Waals surface area (Å²) in [5.74, 6) is 2.16. The van der Waals surface area contributed by atoms with Crippen molar-refractivity contribution >= 4 is 71.9 Å². The molecule has 4 atom stereocenters. The summed E-state index contributed by atoms with van der Waals surface area (Å²) in [4.78, 5) is 57.9. The molecule has 2 aromatic carbocycles. The molecule has 2 fully saturated rings. The number of alkyl carbamates (subject to hydrolysis) is 1. The van der Waals surface area contributed by atoms with Gasteiger partial charge in [0.25, 0.3) is 0 Å². The normalized spacial score (nSPS) is 17.7. The second-order valence-electron chi connectivity index (χ2n) is 16.5. The van der Waals surface area contributed by atoms with E-state index in [0.29, 0.717) is 12.5 Å². The van der Waals surface area contributed by atoms with E-state index in [9.17, 15) is 14.4 Å². The summed E-state index contributed by atoms with van der Waals surface area (Å²) in [5, 5.41) is 2.70. The molecule has 58 heavy (non-hydrogen) atoms. The number of likely N-dealkylation sites (tertiary alicyclic amines) is 2. The maximum absolute atomic E-state index is 13.4. The highest BCUT2D eigenvalue weighted by Gasteiger charge is 2.45. The van der Waals surface area contributed by atoms with Crippen LogP contribution in [0.25, 0.3) is 22.5 Å². The molecule has 2 saturated heterocycles. The molecule has 322 valence electrons. The second kappa shape index (κ2) is 22.7. The van der Waals surface area contributed by atoms with Crippen molar-refractivity contribution < 1.29 is 19.1 Å². The molecule has 6 rings (SSSR count). The van der Waals surface area contributed by atoms with Crippen LogP contribution in [0.15, 0.2) is 60.9 Å². The number of benzene rings is 2. The van der Waals surface area contributed by atoms with E-state index in [1.165, 1.54) is 18.2 Å². The molecule has 0 unspecified atom stereocenters. The average Bonchev–Trinajstić information content (AvgIpc) is 3.96. The molecular weight excluding hydrogens is 807 g/mol. The Morgan fingerprint density at radius 2 is 1.22 bits per heavy atom. The smallest absolute Gasteiger partial charge is 0.407 e. The highest BCUT2D eigenvalue weighted by molar-refractivity contribution is 7.59. The van der Waals surface area contributed by atoms with Crippen LogP contribution in [-0.4, -0.2) is 73.9 Å². The molecule has 0 saturated carbocycles. The maximum atomic E-state index is 13.4. The van der Waals surface area contributed by atoms with E-state index in [2.05, 4.69) is 115 Å². The van der Waals surface area contributed by atoms with E-state index in [1.54, 1.807) is 0 Å². The SMILES string of the molecule is COC(=O)N[C@H](C(=O)N1CC(C)(C)C[C@H]1c1ncc(-c2ccc(C)cc2)[nH]1)C(C)C.Cc1ccc(-c2cnc([C@@H]3CCCN3C(=O)[C@@H](C)C(C)C)[nH]2)cc1.S.S.S.S. The van der Waals surface area contributed by atoms with E-state index in [1.807, 2.05) is 43.0 Å². The first-order valence-corrected chi connectivity index (χ1v) is 19.3. The number of carbonyl (C=O) groups excluding carboxylic acids is 3. The van der Waals surface area contributed by atoms with Crippen molar-refractivity contribution in [1.29, 1.82) is 0 Å². The van der Waals surface area contributed by atoms with Crippen molar-refractivity contribution in [3.8, 4) is 22.5 Å². The average molecular weight is 874 g/mol. The lowest BCUT2D eigenvalue weighted by atomic mass is 9.90. The Labute approximate surface area is 373 Å². The Balaban J connectivity index is 0.000000553. The number of imidazole rings is 2. The molecule has 3 amide bonds. The van der Waals surface area contributed by atoms with Crippen LogP contribution in [0.1, 0.15) is 103 Å². The summed E-state index contributed by atoms with van der Waals surface area (Å²) in [6.07, 6.45) is 5.92. The Morgan fingerprint density at radius 3 is 1.67 bits per heavy atom. The zero-order chi connectivity index (χ0) is 39.3. The monoisotopic (exact) mass is 873 g/mol. The van der Waals surface area contributed by atoms with Crippen molar-refractivity contribution in [3.63, 3.8) is 0 Å². The van der Waals surface area contributed by atoms with Crippen molar-refractivity contribution in [1.82, 2.24) is 35.1 Å². The number of hydrogen-bond acceptors (Lipinski definition) is 6. The Morgan fingerprint density at radius 1 is 0.741 bits per heavy atom. The van der Waals surface area contributed by atoms with Gasteiger partial charge in [-0.1, -0.05) is 108 Å². The van der Waals surface area contributed by atoms with E-state index in [0.717, 1.165) is 60.0 Å². The van der Waals surface area contributed by atoms with Crippen molar-refractivity contribution in [2.75, 3.05) is 20.2 Å². The molecule has 4 heterocycles. The first-order chi connectivity index (χ1) is 25.6. The number of nitrogens with zero attached hydrogens (tertiary/aromatic N) is 4. The summed E-state index contributed by atoms with van der Waals surface area (Å²) < 4.78 is 4.72. The Kier molecular flexibility index (Phi) is 20.6. The molecule has 0 aliphatic carbocycles. The van der Waals surface area contributed by atoms with Crippen LogP contribution in [0.3, 0.4) is 0 Å². The van der Waals surface area contributed by atoms with E-state index < -0.39 is 12.1 Å². The number of aromatic nitrogens is 4. The number of nitrogens with one attached hydrogen (secondary N) is 3. The number of ether oxygens (including phenoxy) is 1. The minimum Gasteiger partial charge on any atom is -0.453 e. The first kappa shape index (κ1) is 52.5. The van der Waals surface area contributed by atoms with Gasteiger partial charge in [-0.2, -0.15) is 54.0 Å². The third-order valence-corrected chi connectivity index (χ3v) is 10.9. The fraction of sp³-hybridized carbons (Fsp3) is 0.512. The Hall–Kier alpha value is -3.53. The minimum atomic E-state index is -0.652. The maximum Gasteiger partial charge on any atom is 0.407 e. The summed E-state index contributed by atoms with van der Waals surface area (Å²) in [6.45, 7) is 19.9. The predicted octanol–water partition coefficient (Wildman–Crippen LogP) is 8.86. The van der Waals surface area contributed by atoms with Crippen molar-refractivity contribution in [3.05, 3.63) is 83.7 Å². The van der Waals surface area contributed by atoms with E-state index in [4.69, 9.17) is 4.74 Å². The molecule has 11 nitrogen and oxygen atoms in total. The summed E-state index contributed by atoms with van der Waals surface area (Å²) in [5.41, 5.74) is 6.52. The van der Waals surface area contributed by atoms with Crippen LogP contribution in [0, 0.1) is 37.0 Å². The fourth-order valence-corrected chi connectivity index (χ4v) is 7.26. The molecule has 0 bridgehead atoms. The van der Waals surface area contributed by atoms with Gasteiger partial charge < -0.3 is 29.8 Å². The van der Waals surface area contributed by atoms with Gasteiger partial charge in [0.05, 0.1) is 43.0 Å². The molecule has 2 aromatic heterocycles. The Bertz CT molecular complexity index is 1900. The molecule has 2 aliphatic rings. The molecular formula is C43H67N7O4S4. The zero-order valence-corrected chi connectivity index (χ0v) is 39.7. The molecule has 0 spiro atoms. The number of methoxy groups -OCH3 is 1. The number of aromatic amines is 2. The lowest BCUT2D eigenvalue weighted by molar-refractivity contribution is -0.137. The topological polar surface area (TPSA) is 136 Å². The third kappa shape index (κ3) is 12.7. The number of aryl methyl sites for hydroxylation is 2. The molecule has 3 N–H and O–H groups in total. The van der Waals surface area contributed by atoms with Gasteiger partial charge in [-0.25, -0.2) is 14.8 Å². The summed E-state index contributed by atoms with van der Waals surface area (Å²) in [6, 6.07) is 15.9. The van der Waals surface area contributed by atoms with Gasteiger partial charge in [-0.15, -0.1) is 0 Å². The standard InChI is InChI=1S/C23H32N4O3.C20H27N3O.4H2S/c1-14(2)19(26-22(29)30-6)21(28)27-13-23(4,5)11-18(27)20-24-12-17(25-20)16-9-7-15(3)8-10-16;1-13(2)15(4)20(24)23-11-5-6-18(23)19-21-12-17(22-19)16-9-7-14(3)8-10-16;;;;/h7-10,12,14,18-19H,11,13H2,1-6H3,(H,24,25)(H,26,29);7-10,12-13,15,18H,5-6,11H2,1-4H3,(H,21,22);4*1H2/t18-,19-;15-,18-;;;;/m00..../s1. The third-order valence-electron chi connectivity index (χ3n) is 10.9. The fourth-order valence-electron chi connectivity index (χ4n) is 7.26. The quantitative estimate of drug-likeness (QED) is 0.154. The number of amides is 3. The van der Waals surface area contributed by atoms with Crippen LogP contribution in [-0.2, 0) is 14.3 Å². The molecule has 0 radical (unpaired) electrons. The van der Waals surface area contributed by atoms with Gasteiger partial charge in [0.1, 0.15) is 17.7 Å². The highest BCUT2D eigenvalue weighted by atomic mass is 32.1. The predicted molar refractivity (Wildman–Crippen MR) is 254 cm³/mol. The summed E-state index contributed by atoms with van der Waals surface area (Å²) in [7, 11) is 1.30. The number of carbonyl (C=O) groups is 3. The van der Waals surface area contributed by atoms with Crippen LogP contribution in [0.5, 0.6) is 0 Å². The lowest BCUT2D eigenvalue weighted by Crippen LogP contribution is -2.51. The van der Waals surface area contributed by atoms with E-state index >= 15 is 0 Å². The van der Waals surface area contributed by atoms with Gasteiger partial charge in [-0.05, 0) is 61.5 Å². The second-order valence-corrected chi connectivity index (χ2v) is 16.5. The number of hydrogen-bond donors (Lipinski definition) is 3. The van der Waals surface area contributed by atoms with Crippen LogP contribution < -0.4 is 5.32 Å². The van der Waals surface area contributed by atoms with Crippen LogP contribution >= 0.6 is 54.0 Å². The van der Waals surface area contributed by atoms with Crippen molar-refractivity contribution in [2.24, 2.45) is 23.2 Å². The molecule has 15 heteroatoms. The van der Waals surface area contributed by atoms with Gasteiger partial charge in [0.15, 0.2) is 0 Å². The highest BCUT2D eigenvalue weighted by Crippen LogP contribution is 2.43. The summed E-state index contributed by atoms with van der Waals surface area (Å²) >= 11 is 0. The van der Waals surface area contributed by atoms with Gasteiger partial charge in [-0.3, -0.25) is 9.59 Å². The lowest BCUT2D eigenvalue weighted by Gasteiger charge is -2.30. The number of H-pyrrole nitrogens is 2. The largest absolute Gasteiger partial charge is 0.453 e. The minimum absolute atomic E-state index is 0. The molecule has 2 aliphatic heterocycles. The molecule has 4 aromatic rings. The van der Waals surface area contributed by atoms with Crippen molar-refractivity contribution in [2.45, 2.75) is 99.7 Å². The first-order valence-electron chi connectivity index (χ1n) is 19.3. The van der Waals surface area contributed by atoms with E-state index in [-0.39, 0.29) is 95.1 Å². The van der Waals surface area contributed by atoms with Crippen LogP contribution in [0.4, 0.5) is 4.79 Å².